The standard InChI is InChI=1S/C13H15FN2O3S/c1-15-8-13(9-4-2-3-5-11(9)15)20(18,19)16-6-10(14)12(17)7-16/h2-5,8,10,12,17H,6-7H2,1H3/t10-,12-/m1/s1. The lowest BCUT2D eigenvalue weighted by atomic mass is 10.2. The number of aliphatic hydroxyl groups is 1. The van der Waals surface area contributed by atoms with Crippen LogP contribution in [0.2, 0.25) is 0 Å². The fourth-order valence-electron chi connectivity index (χ4n) is 2.56. The molecule has 1 N–H and O–H groups in total. The molecule has 1 aromatic heterocycles. The Labute approximate surface area is 116 Å². The minimum Gasteiger partial charge on any atom is -0.389 e. The van der Waals surface area contributed by atoms with E-state index in [1.54, 1.807) is 23.7 Å². The molecule has 0 bridgehead atoms. The van der Waals surface area contributed by atoms with E-state index in [2.05, 4.69) is 0 Å². The smallest absolute Gasteiger partial charge is 0.245 e. The van der Waals surface area contributed by atoms with Crippen molar-refractivity contribution in [2.24, 2.45) is 7.05 Å². The molecule has 1 aliphatic rings. The Morgan fingerprint density at radius 1 is 1.30 bits per heavy atom. The average Bonchev–Trinajstić information content (AvgIpc) is 2.93. The van der Waals surface area contributed by atoms with Crippen LogP contribution >= 0.6 is 0 Å². The Morgan fingerprint density at radius 2 is 2.00 bits per heavy atom. The normalized spacial score (nSPS) is 24.6. The Bertz CT molecular complexity index is 746. The molecule has 0 saturated carbocycles. The molecule has 0 aliphatic carbocycles. The molecule has 7 heteroatoms. The number of hydrogen-bond donors (Lipinski definition) is 1. The third-order valence-corrected chi connectivity index (χ3v) is 5.52. The van der Waals surface area contributed by atoms with Gasteiger partial charge in [0, 0.05) is 37.2 Å². The van der Waals surface area contributed by atoms with Crippen molar-refractivity contribution in [3.63, 3.8) is 0 Å². The van der Waals surface area contributed by atoms with Crippen LogP contribution in [0.4, 0.5) is 4.39 Å². The SMILES string of the molecule is Cn1cc(S(=O)(=O)N2C[C@@H](O)[C@H](F)C2)c2ccccc21. The van der Waals surface area contributed by atoms with Crippen LogP contribution in [0.15, 0.2) is 35.4 Å². The number of halogens is 1. The Kier molecular flexibility index (Phi) is 3.07. The maximum Gasteiger partial charge on any atom is 0.245 e. The van der Waals surface area contributed by atoms with Crippen LogP contribution < -0.4 is 0 Å². The van der Waals surface area contributed by atoms with Crippen molar-refractivity contribution in [2.45, 2.75) is 17.2 Å². The van der Waals surface area contributed by atoms with Gasteiger partial charge in [-0.15, -0.1) is 0 Å². The summed E-state index contributed by atoms with van der Waals surface area (Å²) in [4.78, 5) is 0.150. The lowest BCUT2D eigenvalue weighted by Crippen LogP contribution is -2.29. The van der Waals surface area contributed by atoms with Gasteiger partial charge in [0.25, 0.3) is 0 Å². The first-order valence-electron chi connectivity index (χ1n) is 6.27. The number of benzene rings is 1. The monoisotopic (exact) mass is 298 g/mol. The van der Waals surface area contributed by atoms with E-state index in [1.807, 2.05) is 12.1 Å². The van der Waals surface area contributed by atoms with Crippen LogP contribution in [0.3, 0.4) is 0 Å². The number of alkyl halides is 1. The zero-order valence-corrected chi connectivity index (χ0v) is 11.7. The molecule has 1 aliphatic heterocycles. The van der Waals surface area contributed by atoms with Crippen molar-refractivity contribution in [2.75, 3.05) is 13.1 Å². The maximum atomic E-state index is 13.4. The minimum absolute atomic E-state index is 0.150. The van der Waals surface area contributed by atoms with Crippen LogP contribution in [0, 0.1) is 0 Å². The van der Waals surface area contributed by atoms with Crippen molar-refractivity contribution in [3.8, 4) is 0 Å². The lowest BCUT2D eigenvalue weighted by molar-refractivity contribution is 0.117. The molecule has 5 nitrogen and oxygen atoms in total. The first kappa shape index (κ1) is 13.5. The number of fused-ring (bicyclic) bond motifs is 1. The number of para-hydroxylation sites is 1. The molecule has 0 unspecified atom stereocenters. The lowest BCUT2D eigenvalue weighted by Gasteiger charge is -2.14. The topological polar surface area (TPSA) is 62.5 Å². The second-order valence-corrected chi connectivity index (χ2v) is 6.93. The highest BCUT2D eigenvalue weighted by Gasteiger charge is 2.39. The Morgan fingerprint density at radius 3 is 2.65 bits per heavy atom. The maximum absolute atomic E-state index is 13.4. The van der Waals surface area contributed by atoms with Gasteiger partial charge in [-0.1, -0.05) is 18.2 Å². The van der Waals surface area contributed by atoms with Gasteiger partial charge in [0.05, 0.1) is 0 Å². The van der Waals surface area contributed by atoms with Crippen LogP contribution in [-0.4, -0.2) is 47.8 Å². The number of aliphatic hydroxyl groups excluding tert-OH is 1. The average molecular weight is 298 g/mol. The summed E-state index contributed by atoms with van der Waals surface area (Å²) in [5.74, 6) is 0. The van der Waals surface area contributed by atoms with Gasteiger partial charge in [-0.3, -0.25) is 0 Å². The summed E-state index contributed by atoms with van der Waals surface area (Å²) in [6.07, 6.45) is -1.25. The molecule has 1 fully saturated rings. The molecule has 0 radical (unpaired) electrons. The number of rotatable bonds is 2. The highest BCUT2D eigenvalue weighted by Crippen LogP contribution is 2.29. The van der Waals surface area contributed by atoms with Gasteiger partial charge in [0.1, 0.15) is 17.2 Å². The predicted octanol–water partition coefficient (Wildman–Crippen LogP) is 0.882. The minimum atomic E-state index is -3.80. The molecule has 0 spiro atoms. The highest BCUT2D eigenvalue weighted by atomic mass is 32.2. The van der Waals surface area contributed by atoms with E-state index in [9.17, 15) is 17.9 Å². The molecule has 2 atom stereocenters. The summed E-state index contributed by atoms with van der Waals surface area (Å²) in [7, 11) is -2.04. The number of β-amino-alcohol motifs (C(OH)–C–C–N with tert-alkyl or cyclic N) is 1. The van der Waals surface area contributed by atoms with E-state index in [-0.39, 0.29) is 18.0 Å². The van der Waals surface area contributed by atoms with Gasteiger partial charge in [-0.05, 0) is 6.07 Å². The zero-order chi connectivity index (χ0) is 14.5. The third kappa shape index (κ3) is 1.93. The quantitative estimate of drug-likeness (QED) is 0.895. The van der Waals surface area contributed by atoms with E-state index >= 15 is 0 Å². The number of sulfonamides is 1. The first-order valence-corrected chi connectivity index (χ1v) is 7.71. The second-order valence-electron chi connectivity index (χ2n) is 5.03. The van der Waals surface area contributed by atoms with Crippen molar-refractivity contribution in [1.82, 2.24) is 8.87 Å². The molecular formula is C13H15FN2O3S. The summed E-state index contributed by atoms with van der Waals surface area (Å²) in [6, 6.07) is 7.14. The van der Waals surface area contributed by atoms with E-state index in [0.29, 0.717) is 5.39 Å². The molecule has 3 rings (SSSR count). The highest BCUT2D eigenvalue weighted by molar-refractivity contribution is 7.89. The molecule has 20 heavy (non-hydrogen) atoms. The number of nitrogens with zero attached hydrogens (tertiary/aromatic N) is 2. The molecule has 1 saturated heterocycles. The predicted molar refractivity (Wildman–Crippen MR) is 72.6 cm³/mol. The molecule has 1 aromatic carbocycles. The van der Waals surface area contributed by atoms with E-state index in [1.165, 1.54) is 6.20 Å². The van der Waals surface area contributed by atoms with Crippen LogP contribution in [-0.2, 0) is 17.1 Å². The van der Waals surface area contributed by atoms with E-state index in [0.717, 1.165) is 9.82 Å². The largest absolute Gasteiger partial charge is 0.389 e. The number of hydrogen-bond acceptors (Lipinski definition) is 3. The summed E-state index contributed by atoms with van der Waals surface area (Å²) in [5, 5.41) is 10.0. The van der Waals surface area contributed by atoms with Gasteiger partial charge in [0.15, 0.2) is 0 Å². The van der Waals surface area contributed by atoms with Gasteiger partial charge >= 0.3 is 0 Å². The van der Waals surface area contributed by atoms with Crippen LogP contribution in [0.25, 0.3) is 10.9 Å². The molecule has 108 valence electrons. The zero-order valence-electron chi connectivity index (χ0n) is 10.9. The van der Waals surface area contributed by atoms with Gasteiger partial charge < -0.3 is 9.67 Å². The van der Waals surface area contributed by atoms with Crippen molar-refractivity contribution < 1.29 is 17.9 Å². The van der Waals surface area contributed by atoms with Crippen molar-refractivity contribution in [3.05, 3.63) is 30.5 Å². The van der Waals surface area contributed by atoms with Crippen LogP contribution in [0.5, 0.6) is 0 Å². The van der Waals surface area contributed by atoms with E-state index in [4.69, 9.17) is 0 Å². The number of aryl methyl sites for hydroxylation is 1. The van der Waals surface area contributed by atoms with Gasteiger partial charge in [-0.25, -0.2) is 12.8 Å². The van der Waals surface area contributed by atoms with Crippen molar-refractivity contribution >= 4 is 20.9 Å². The Hall–Kier alpha value is -1.44. The number of aromatic nitrogens is 1. The van der Waals surface area contributed by atoms with Gasteiger partial charge in [-0.2, -0.15) is 4.31 Å². The fraction of sp³-hybridized carbons (Fsp3) is 0.385. The summed E-state index contributed by atoms with van der Waals surface area (Å²) in [5.41, 5.74) is 0.794. The summed E-state index contributed by atoms with van der Waals surface area (Å²) < 4.78 is 41.3. The molecular weight excluding hydrogens is 283 g/mol. The molecule has 0 amide bonds. The fourth-order valence-corrected chi connectivity index (χ4v) is 4.27. The summed E-state index contributed by atoms with van der Waals surface area (Å²) in [6.45, 7) is -0.501. The summed E-state index contributed by atoms with van der Waals surface area (Å²) >= 11 is 0. The molecule has 2 heterocycles. The Balaban J connectivity index is 2.11. The van der Waals surface area contributed by atoms with Gasteiger partial charge in [0.2, 0.25) is 10.0 Å². The second kappa shape index (κ2) is 4.54. The third-order valence-electron chi connectivity index (χ3n) is 3.66. The van der Waals surface area contributed by atoms with E-state index < -0.39 is 22.3 Å². The van der Waals surface area contributed by atoms with Crippen molar-refractivity contribution in [1.29, 1.82) is 0 Å². The first-order chi connectivity index (χ1) is 9.41. The van der Waals surface area contributed by atoms with Crippen LogP contribution in [0.1, 0.15) is 0 Å². The molecule has 2 aromatic rings.